The highest BCUT2D eigenvalue weighted by Crippen LogP contribution is 2.29. The standard InChI is InChI=1S/C16H32O2/c1-3-4-5-6-7-8-9-10-11-16(17)12-13-18-15(2)14-16/h15,17H,3-14H2,1-2H3. The molecule has 1 rings (SSSR count). The maximum atomic E-state index is 10.4. The lowest BCUT2D eigenvalue weighted by atomic mass is 9.86. The molecule has 0 amide bonds. The topological polar surface area (TPSA) is 29.5 Å². The molecule has 2 heteroatoms. The summed E-state index contributed by atoms with van der Waals surface area (Å²) in [5.41, 5.74) is -0.431. The van der Waals surface area contributed by atoms with Gasteiger partial charge in [-0.15, -0.1) is 0 Å². The van der Waals surface area contributed by atoms with E-state index in [1.165, 1.54) is 51.4 Å². The van der Waals surface area contributed by atoms with Crippen molar-refractivity contribution in [1.82, 2.24) is 0 Å². The summed E-state index contributed by atoms with van der Waals surface area (Å²) in [5, 5.41) is 10.4. The van der Waals surface area contributed by atoms with Crippen molar-refractivity contribution in [3.05, 3.63) is 0 Å². The van der Waals surface area contributed by atoms with E-state index in [0.717, 1.165) is 25.9 Å². The van der Waals surface area contributed by atoms with Crippen LogP contribution in [0.25, 0.3) is 0 Å². The summed E-state index contributed by atoms with van der Waals surface area (Å²) in [7, 11) is 0. The van der Waals surface area contributed by atoms with Gasteiger partial charge in [0.05, 0.1) is 11.7 Å². The third-order valence-electron chi connectivity index (χ3n) is 4.13. The Hall–Kier alpha value is -0.0800. The lowest BCUT2D eigenvalue weighted by Gasteiger charge is -2.35. The minimum atomic E-state index is -0.431. The van der Waals surface area contributed by atoms with Crippen LogP contribution in [0.15, 0.2) is 0 Å². The summed E-state index contributed by atoms with van der Waals surface area (Å²) in [4.78, 5) is 0. The van der Waals surface area contributed by atoms with Crippen molar-refractivity contribution in [3.8, 4) is 0 Å². The number of ether oxygens (including phenoxy) is 1. The zero-order valence-corrected chi connectivity index (χ0v) is 12.4. The van der Waals surface area contributed by atoms with Gasteiger partial charge in [-0.05, 0) is 19.8 Å². The van der Waals surface area contributed by atoms with Crippen molar-refractivity contribution in [1.29, 1.82) is 0 Å². The molecule has 18 heavy (non-hydrogen) atoms. The molecular weight excluding hydrogens is 224 g/mol. The molecule has 1 aliphatic heterocycles. The highest BCUT2D eigenvalue weighted by molar-refractivity contribution is 4.84. The van der Waals surface area contributed by atoms with Gasteiger partial charge in [0.1, 0.15) is 0 Å². The largest absolute Gasteiger partial charge is 0.390 e. The predicted molar refractivity (Wildman–Crippen MR) is 76.8 cm³/mol. The predicted octanol–water partition coefficient (Wildman–Crippen LogP) is 4.45. The first-order valence-electron chi connectivity index (χ1n) is 8.00. The van der Waals surface area contributed by atoms with E-state index in [-0.39, 0.29) is 6.10 Å². The van der Waals surface area contributed by atoms with Gasteiger partial charge in [0, 0.05) is 13.0 Å². The van der Waals surface area contributed by atoms with E-state index in [1.807, 2.05) is 0 Å². The van der Waals surface area contributed by atoms with Crippen LogP contribution in [-0.2, 0) is 4.74 Å². The molecule has 1 heterocycles. The Bertz CT molecular complexity index is 205. The number of rotatable bonds is 9. The fraction of sp³-hybridized carbons (Fsp3) is 1.00. The van der Waals surface area contributed by atoms with Gasteiger partial charge < -0.3 is 9.84 Å². The quantitative estimate of drug-likeness (QED) is 0.618. The Labute approximate surface area is 113 Å². The minimum absolute atomic E-state index is 0.234. The Balaban J connectivity index is 1.96. The first-order valence-corrected chi connectivity index (χ1v) is 8.00. The summed E-state index contributed by atoms with van der Waals surface area (Å²) in [6.07, 6.45) is 13.5. The summed E-state index contributed by atoms with van der Waals surface area (Å²) < 4.78 is 5.50. The zero-order chi connectivity index (χ0) is 13.3. The van der Waals surface area contributed by atoms with Crippen molar-refractivity contribution >= 4 is 0 Å². The molecule has 1 N–H and O–H groups in total. The van der Waals surface area contributed by atoms with Gasteiger partial charge in [0.25, 0.3) is 0 Å². The molecule has 2 nitrogen and oxygen atoms in total. The van der Waals surface area contributed by atoms with E-state index in [9.17, 15) is 5.11 Å². The van der Waals surface area contributed by atoms with E-state index in [1.54, 1.807) is 0 Å². The van der Waals surface area contributed by atoms with E-state index in [0.29, 0.717) is 0 Å². The van der Waals surface area contributed by atoms with E-state index < -0.39 is 5.60 Å². The average Bonchev–Trinajstić information content (AvgIpc) is 2.32. The average molecular weight is 256 g/mol. The van der Waals surface area contributed by atoms with Gasteiger partial charge in [-0.1, -0.05) is 58.3 Å². The molecule has 0 spiro atoms. The zero-order valence-electron chi connectivity index (χ0n) is 12.4. The van der Waals surface area contributed by atoms with Crippen LogP contribution >= 0.6 is 0 Å². The number of aliphatic hydroxyl groups is 1. The second kappa shape index (κ2) is 8.92. The smallest absolute Gasteiger partial charge is 0.0694 e. The highest BCUT2D eigenvalue weighted by Gasteiger charge is 2.32. The lowest BCUT2D eigenvalue weighted by Crippen LogP contribution is -2.39. The van der Waals surface area contributed by atoms with Crippen LogP contribution in [0.5, 0.6) is 0 Å². The number of hydrogen-bond acceptors (Lipinski definition) is 2. The molecule has 0 radical (unpaired) electrons. The second-order valence-electron chi connectivity index (χ2n) is 6.08. The Kier molecular flexibility index (Phi) is 7.92. The van der Waals surface area contributed by atoms with Crippen LogP contribution in [0.4, 0.5) is 0 Å². The maximum absolute atomic E-state index is 10.4. The lowest BCUT2D eigenvalue weighted by molar-refractivity contribution is -0.101. The van der Waals surface area contributed by atoms with E-state index >= 15 is 0 Å². The van der Waals surface area contributed by atoms with Crippen LogP contribution in [-0.4, -0.2) is 23.4 Å². The summed E-state index contributed by atoms with van der Waals surface area (Å²) in [6, 6.07) is 0. The van der Waals surface area contributed by atoms with Crippen LogP contribution in [0, 0.1) is 0 Å². The summed E-state index contributed by atoms with van der Waals surface area (Å²) in [5.74, 6) is 0. The van der Waals surface area contributed by atoms with Gasteiger partial charge >= 0.3 is 0 Å². The number of hydrogen-bond donors (Lipinski definition) is 1. The van der Waals surface area contributed by atoms with Crippen molar-refractivity contribution in [2.75, 3.05) is 6.61 Å². The summed E-state index contributed by atoms with van der Waals surface area (Å²) in [6.45, 7) is 5.06. The molecule has 0 aromatic carbocycles. The van der Waals surface area contributed by atoms with Crippen LogP contribution < -0.4 is 0 Å². The fourth-order valence-corrected chi connectivity index (χ4v) is 2.96. The first kappa shape index (κ1) is 16.0. The molecule has 0 aromatic heterocycles. The summed E-state index contributed by atoms with van der Waals surface area (Å²) >= 11 is 0. The van der Waals surface area contributed by atoms with E-state index in [2.05, 4.69) is 13.8 Å². The van der Waals surface area contributed by atoms with Crippen LogP contribution in [0.3, 0.4) is 0 Å². The normalized spacial score (nSPS) is 28.5. The molecule has 0 bridgehead atoms. The maximum Gasteiger partial charge on any atom is 0.0694 e. The minimum Gasteiger partial charge on any atom is -0.390 e. The fourth-order valence-electron chi connectivity index (χ4n) is 2.96. The molecule has 1 aliphatic rings. The number of unbranched alkanes of at least 4 members (excludes halogenated alkanes) is 7. The molecule has 0 saturated carbocycles. The third kappa shape index (κ3) is 6.75. The van der Waals surface area contributed by atoms with Gasteiger partial charge in [0.15, 0.2) is 0 Å². The highest BCUT2D eigenvalue weighted by atomic mass is 16.5. The first-order chi connectivity index (χ1) is 8.66. The van der Waals surface area contributed by atoms with Crippen LogP contribution in [0.1, 0.15) is 84.5 Å². The Morgan fingerprint density at radius 1 is 1.06 bits per heavy atom. The van der Waals surface area contributed by atoms with Crippen molar-refractivity contribution < 1.29 is 9.84 Å². The van der Waals surface area contributed by atoms with Gasteiger partial charge in [0.2, 0.25) is 0 Å². The second-order valence-corrected chi connectivity index (χ2v) is 6.08. The van der Waals surface area contributed by atoms with Gasteiger partial charge in [-0.25, -0.2) is 0 Å². The molecular formula is C16H32O2. The monoisotopic (exact) mass is 256 g/mol. The van der Waals surface area contributed by atoms with Crippen molar-refractivity contribution in [3.63, 3.8) is 0 Å². The van der Waals surface area contributed by atoms with Gasteiger partial charge in [-0.3, -0.25) is 0 Å². The SMILES string of the molecule is CCCCCCCCCCC1(O)CCOC(C)C1. The molecule has 2 atom stereocenters. The Morgan fingerprint density at radius 3 is 2.28 bits per heavy atom. The van der Waals surface area contributed by atoms with Crippen molar-refractivity contribution in [2.45, 2.75) is 96.2 Å². The molecule has 0 aliphatic carbocycles. The van der Waals surface area contributed by atoms with E-state index in [4.69, 9.17) is 4.74 Å². The molecule has 108 valence electrons. The van der Waals surface area contributed by atoms with Crippen molar-refractivity contribution in [2.24, 2.45) is 0 Å². The molecule has 0 aromatic rings. The Morgan fingerprint density at radius 2 is 1.67 bits per heavy atom. The molecule has 1 saturated heterocycles. The molecule has 1 fully saturated rings. The van der Waals surface area contributed by atoms with Gasteiger partial charge in [-0.2, -0.15) is 0 Å². The van der Waals surface area contributed by atoms with Crippen LogP contribution in [0.2, 0.25) is 0 Å². The molecule has 2 unspecified atom stereocenters. The third-order valence-corrected chi connectivity index (χ3v) is 4.13.